The molecule has 0 saturated carbocycles. The summed E-state index contributed by atoms with van der Waals surface area (Å²) in [6.07, 6.45) is 0. The largest absolute Gasteiger partial charge is 0.478 e. The van der Waals surface area contributed by atoms with Crippen molar-refractivity contribution < 1.29 is 18.3 Å². The van der Waals surface area contributed by atoms with Crippen molar-refractivity contribution in [3.05, 3.63) is 89.5 Å². The Kier molecular flexibility index (Phi) is 7.20. The third-order valence-electron chi connectivity index (χ3n) is 5.27. The number of anilines is 2. The van der Waals surface area contributed by atoms with Crippen molar-refractivity contribution in [3.63, 3.8) is 0 Å². The molecule has 2 N–H and O–H groups in total. The maximum absolute atomic E-state index is 12.8. The predicted octanol–water partition coefficient (Wildman–Crippen LogP) is 5.34. The SMILES string of the molecule is CCN(Cc1ccccc1)c1ccc(NS(=O)(=O)c2ccc(C(C)C)cc2)cc1C(=O)O. The highest BCUT2D eigenvalue weighted by atomic mass is 32.2. The molecule has 0 atom stereocenters. The zero-order chi connectivity index (χ0) is 23.3. The molecule has 0 amide bonds. The number of sulfonamides is 1. The lowest BCUT2D eigenvalue weighted by molar-refractivity contribution is 0.0697. The molecule has 0 bridgehead atoms. The second kappa shape index (κ2) is 9.87. The second-order valence-corrected chi connectivity index (χ2v) is 9.55. The number of benzene rings is 3. The molecule has 0 radical (unpaired) electrons. The number of nitrogens with zero attached hydrogens (tertiary/aromatic N) is 1. The fraction of sp³-hybridized carbons (Fsp3) is 0.240. The first-order valence-corrected chi connectivity index (χ1v) is 12.0. The minimum Gasteiger partial charge on any atom is -0.478 e. The first-order chi connectivity index (χ1) is 15.2. The van der Waals surface area contributed by atoms with Crippen LogP contribution in [0.4, 0.5) is 11.4 Å². The van der Waals surface area contributed by atoms with Crippen LogP contribution in [0.3, 0.4) is 0 Å². The standard InChI is InChI=1S/C25H28N2O4S/c1-4-27(17-19-8-6-5-7-9-19)24-15-12-21(16-23(24)25(28)29)26-32(30,31)22-13-10-20(11-14-22)18(2)3/h5-16,18,26H,4,17H2,1-3H3,(H,28,29). The molecule has 0 aromatic heterocycles. The van der Waals surface area contributed by atoms with Crippen LogP contribution in [-0.4, -0.2) is 26.0 Å². The Labute approximate surface area is 189 Å². The molecule has 3 rings (SSSR count). The summed E-state index contributed by atoms with van der Waals surface area (Å²) in [5.41, 5.74) is 2.88. The van der Waals surface area contributed by atoms with Gasteiger partial charge in [0.05, 0.1) is 16.1 Å². The van der Waals surface area contributed by atoms with Gasteiger partial charge in [0.25, 0.3) is 10.0 Å². The monoisotopic (exact) mass is 452 g/mol. The van der Waals surface area contributed by atoms with Gasteiger partial charge in [0.2, 0.25) is 0 Å². The third kappa shape index (κ3) is 5.48. The van der Waals surface area contributed by atoms with Gasteiger partial charge in [-0.3, -0.25) is 4.72 Å². The van der Waals surface area contributed by atoms with E-state index in [1.807, 2.05) is 56.0 Å². The van der Waals surface area contributed by atoms with E-state index in [9.17, 15) is 18.3 Å². The predicted molar refractivity (Wildman–Crippen MR) is 128 cm³/mol. The van der Waals surface area contributed by atoms with Crippen LogP contribution in [0.5, 0.6) is 0 Å². The summed E-state index contributed by atoms with van der Waals surface area (Å²) >= 11 is 0. The fourth-order valence-electron chi connectivity index (χ4n) is 3.46. The average molecular weight is 453 g/mol. The van der Waals surface area contributed by atoms with Crippen LogP contribution in [0.15, 0.2) is 77.7 Å². The summed E-state index contributed by atoms with van der Waals surface area (Å²) in [6, 6.07) is 21.1. The minimum atomic E-state index is -3.84. The summed E-state index contributed by atoms with van der Waals surface area (Å²) in [7, 11) is -3.84. The lowest BCUT2D eigenvalue weighted by atomic mass is 10.0. The smallest absolute Gasteiger partial charge is 0.337 e. The Morgan fingerprint density at radius 2 is 1.66 bits per heavy atom. The Morgan fingerprint density at radius 1 is 1.00 bits per heavy atom. The molecule has 168 valence electrons. The van der Waals surface area contributed by atoms with Gasteiger partial charge in [-0.2, -0.15) is 0 Å². The first-order valence-electron chi connectivity index (χ1n) is 10.5. The highest BCUT2D eigenvalue weighted by Crippen LogP contribution is 2.28. The molecule has 0 unspecified atom stereocenters. The van der Waals surface area contributed by atoms with Crippen molar-refractivity contribution in [1.29, 1.82) is 0 Å². The number of hydrogen-bond acceptors (Lipinski definition) is 4. The molecule has 0 spiro atoms. The summed E-state index contributed by atoms with van der Waals surface area (Å²) in [5, 5.41) is 9.79. The first kappa shape index (κ1) is 23.3. The molecule has 0 saturated heterocycles. The van der Waals surface area contributed by atoms with E-state index in [0.29, 0.717) is 24.7 Å². The molecular formula is C25H28N2O4S. The molecule has 0 aliphatic carbocycles. The maximum atomic E-state index is 12.8. The molecule has 0 fully saturated rings. The fourth-order valence-corrected chi connectivity index (χ4v) is 4.51. The Balaban J connectivity index is 1.88. The Bertz CT molecular complexity index is 1170. The second-order valence-electron chi connectivity index (χ2n) is 7.87. The summed E-state index contributed by atoms with van der Waals surface area (Å²) in [6.45, 7) is 7.17. The van der Waals surface area contributed by atoms with E-state index in [-0.39, 0.29) is 16.1 Å². The molecule has 32 heavy (non-hydrogen) atoms. The molecular weight excluding hydrogens is 424 g/mol. The van der Waals surface area contributed by atoms with E-state index in [4.69, 9.17) is 0 Å². The van der Waals surface area contributed by atoms with Crippen molar-refractivity contribution in [1.82, 2.24) is 0 Å². The number of hydrogen-bond donors (Lipinski definition) is 2. The van der Waals surface area contributed by atoms with E-state index in [0.717, 1.165) is 11.1 Å². The van der Waals surface area contributed by atoms with Gasteiger partial charge in [0.1, 0.15) is 0 Å². The van der Waals surface area contributed by atoms with E-state index in [2.05, 4.69) is 4.72 Å². The van der Waals surface area contributed by atoms with Crippen molar-refractivity contribution in [2.75, 3.05) is 16.2 Å². The van der Waals surface area contributed by atoms with E-state index in [1.54, 1.807) is 36.4 Å². The zero-order valence-corrected chi connectivity index (χ0v) is 19.3. The number of carboxylic acid groups (broad SMARTS) is 1. The van der Waals surface area contributed by atoms with Crippen LogP contribution in [0.25, 0.3) is 0 Å². The molecule has 3 aromatic rings. The third-order valence-corrected chi connectivity index (χ3v) is 6.67. The van der Waals surface area contributed by atoms with Crippen molar-refractivity contribution in [2.24, 2.45) is 0 Å². The minimum absolute atomic E-state index is 0.0399. The quantitative estimate of drug-likeness (QED) is 0.458. The van der Waals surface area contributed by atoms with Crippen LogP contribution in [0.1, 0.15) is 48.2 Å². The van der Waals surface area contributed by atoms with Crippen molar-refractivity contribution in [3.8, 4) is 0 Å². The normalized spacial score (nSPS) is 11.4. The molecule has 0 heterocycles. The van der Waals surface area contributed by atoms with Gasteiger partial charge in [-0.05, 0) is 54.3 Å². The number of carboxylic acids is 1. The lowest BCUT2D eigenvalue weighted by Crippen LogP contribution is -2.24. The van der Waals surface area contributed by atoms with Gasteiger partial charge < -0.3 is 10.0 Å². The van der Waals surface area contributed by atoms with Crippen molar-refractivity contribution in [2.45, 2.75) is 38.1 Å². The number of aromatic carboxylic acids is 1. The number of nitrogens with one attached hydrogen (secondary N) is 1. The van der Waals surface area contributed by atoms with Crippen LogP contribution in [0.2, 0.25) is 0 Å². The molecule has 6 nitrogen and oxygen atoms in total. The van der Waals surface area contributed by atoms with Gasteiger partial charge >= 0.3 is 5.97 Å². The highest BCUT2D eigenvalue weighted by Gasteiger charge is 2.19. The van der Waals surface area contributed by atoms with Crippen molar-refractivity contribution >= 4 is 27.4 Å². The average Bonchev–Trinajstić information content (AvgIpc) is 2.78. The number of carbonyl (C=O) groups is 1. The van der Waals surface area contributed by atoms with Crippen LogP contribution in [0, 0.1) is 0 Å². The molecule has 3 aromatic carbocycles. The Hall–Kier alpha value is -3.32. The van der Waals surface area contributed by atoms with E-state index >= 15 is 0 Å². The zero-order valence-electron chi connectivity index (χ0n) is 18.4. The maximum Gasteiger partial charge on any atom is 0.337 e. The Morgan fingerprint density at radius 3 is 2.22 bits per heavy atom. The van der Waals surface area contributed by atoms with E-state index in [1.165, 1.54) is 6.07 Å². The van der Waals surface area contributed by atoms with E-state index < -0.39 is 16.0 Å². The molecule has 0 aliphatic heterocycles. The van der Waals surface area contributed by atoms with Gasteiger partial charge in [0.15, 0.2) is 0 Å². The summed E-state index contributed by atoms with van der Waals surface area (Å²) in [4.78, 5) is 14.1. The van der Waals surface area contributed by atoms with Crippen LogP contribution < -0.4 is 9.62 Å². The molecule has 0 aliphatic rings. The summed E-state index contributed by atoms with van der Waals surface area (Å²) in [5.74, 6) is -0.823. The van der Waals surface area contributed by atoms with Gasteiger partial charge in [0, 0.05) is 18.8 Å². The van der Waals surface area contributed by atoms with Gasteiger partial charge in [-0.15, -0.1) is 0 Å². The lowest BCUT2D eigenvalue weighted by Gasteiger charge is -2.25. The van der Waals surface area contributed by atoms with Crippen LogP contribution >= 0.6 is 0 Å². The summed E-state index contributed by atoms with van der Waals surface area (Å²) < 4.78 is 28.1. The topological polar surface area (TPSA) is 86.7 Å². The number of rotatable bonds is 9. The molecule has 7 heteroatoms. The highest BCUT2D eigenvalue weighted by molar-refractivity contribution is 7.92. The van der Waals surface area contributed by atoms with Gasteiger partial charge in [-0.1, -0.05) is 56.3 Å². The van der Waals surface area contributed by atoms with Crippen LogP contribution in [-0.2, 0) is 16.6 Å². The van der Waals surface area contributed by atoms with Gasteiger partial charge in [-0.25, -0.2) is 13.2 Å².